The van der Waals surface area contributed by atoms with Gasteiger partial charge in [-0.15, -0.1) is 11.3 Å². The topological polar surface area (TPSA) is 15.3 Å². The molecule has 0 radical (unpaired) electrons. The quantitative estimate of drug-likeness (QED) is 0.755. The van der Waals surface area contributed by atoms with Crippen molar-refractivity contribution in [1.29, 1.82) is 0 Å². The van der Waals surface area contributed by atoms with Crippen molar-refractivity contribution in [2.24, 2.45) is 0 Å². The molecule has 0 aromatic carbocycles. The van der Waals surface area contributed by atoms with Crippen molar-refractivity contribution >= 4 is 23.1 Å². The Morgan fingerprint density at radius 2 is 2.05 bits per heavy atom. The Morgan fingerprint density at radius 3 is 2.57 bits per heavy atom. The van der Waals surface area contributed by atoms with Crippen molar-refractivity contribution in [2.45, 2.75) is 65.7 Å². The highest BCUT2D eigenvalue weighted by Crippen LogP contribution is 2.24. The fraction of sp³-hybridized carbons (Fsp3) is 0.765. The lowest BCUT2D eigenvalue weighted by Crippen LogP contribution is -2.34. The highest BCUT2D eigenvalue weighted by atomic mass is 32.2. The molecule has 1 aromatic heterocycles. The third kappa shape index (κ3) is 6.72. The molecule has 0 spiro atoms. The molecule has 0 fully saturated rings. The van der Waals surface area contributed by atoms with Gasteiger partial charge in [-0.1, -0.05) is 6.92 Å². The van der Waals surface area contributed by atoms with Gasteiger partial charge in [0.25, 0.3) is 0 Å². The molecule has 1 atom stereocenters. The van der Waals surface area contributed by atoms with Crippen LogP contribution in [0.5, 0.6) is 0 Å². The first-order valence-corrected chi connectivity index (χ1v) is 10.00. The average molecular weight is 329 g/mol. The summed E-state index contributed by atoms with van der Waals surface area (Å²) in [6, 6.07) is 3.07. The fourth-order valence-corrected chi connectivity index (χ4v) is 4.20. The molecule has 1 unspecified atom stereocenters. The van der Waals surface area contributed by atoms with Crippen LogP contribution in [0.1, 0.15) is 49.4 Å². The van der Waals surface area contributed by atoms with Crippen LogP contribution in [-0.4, -0.2) is 35.5 Å². The van der Waals surface area contributed by atoms with Gasteiger partial charge in [-0.3, -0.25) is 4.90 Å². The summed E-state index contributed by atoms with van der Waals surface area (Å²) in [6.45, 7) is 13.2. The van der Waals surface area contributed by atoms with Gasteiger partial charge in [0, 0.05) is 40.2 Å². The van der Waals surface area contributed by atoms with Gasteiger partial charge in [-0.05, 0) is 59.0 Å². The summed E-state index contributed by atoms with van der Waals surface area (Å²) in [5, 5.41) is 3.58. The van der Waals surface area contributed by atoms with Crippen LogP contribution in [0.4, 0.5) is 0 Å². The largest absolute Gasteiger partial charge is 0.307 e. The summed E-state index contributed by atoms with van der Waals surface area (Å²) in [5.41, 5.74) is 1.67. The molecule has 0 aliphatic rings. The van der Waals surface area contributed by atoms with Gasteiger partial charge < -0.3 is 5.32 Å². The number of rotatable bonds is 8. The highest BCUT2D eigenvalue weighted by Gasteiger charge is 2.15. The first-order valence-electron chi connectivity index (χ1n) is 7.79. The molecule has 0 aliphatic heterocycles. The van der Waals surface area contributed by atoms with Gasteiger partial charge in [0.15, 0.2) is 0 Å². The van der Waals surface area contributed by atoms with Gasteiger partial charge >= 0.3 is 0 Å². The van der Waals surface area contributed by atoms with Crippen molar-refractivity contribution < 1.29 is 0 Å². The van der Waals surface area contributed by atoms with Crippen LogP contribution < -0.4 is 5.32 Å². The lowest BCUT2D eigenvalue weighted by Gasteiger charge is -2.26. The summed E-state index contributed by atoms with van der Waals surface area (Å²) in [7, 11) is 2.26. The molecule has 1 heterocycles. The number of nitrogens with zero attached hydrogens (tertiary/aromatic N) is 1. The van der Waals surface area contributed by atoms with Gasteiger partial charge in [0.05, 0.1) is 0 Å². The molecule has 2 nitrogen and oxygen atoms in total. The second-order valence-electron chi connectivity index (χ2n) is 6.83. The maximum Gasteiger partial charge on any atom is 0.0304 e. The molecule has 0 amide bonds. The Kier molecular flexibility index (Phi) is 7.75. The second-order valence-corrected chi connectivity index (χ2v) is 9.08. The number of thiophene rings is 1. The van der Waals surface area contributed by atoms with Crippen molar-refractivity contribution in [3.8, 4) is 0 Å². The molecular weight excluding hydrogens is 296 g/mol. The molecule has 0 aliphatic carbocycles. The van der Waals surface area contributed by atoms with E-state index in [9.17, 15) is 0 Å². The Morgan fingerprint density at radius 1 is 1.38 bits per heavy atom. The predicted molar refractivity (Wildman–Crippen MR) is 99.6 cm³/mol. The summed E-state index contributed by atoms with van der Waals surface area (Å²) in [6.07, 6.45) is 3.42. The van der Waals surface area contributed by atoms with Crippen LogP contribution in [0.3, 0.4) is 0 Å². The molecule has 1 aromatic rings. The lowest BCUT2D eigenvalue weighted by molar-refractivity contribution is 0.248. The zero-order chi connectivity index (χ0) is 16.0. The summed E-state index contributed by atoms with van der Waals surface area (Å²) in [4.78, 5) is 5.42. The van der Waals surface area contributed by atoms with Gasteiger partial charge in [0.1, 0.15) is 0 Å². The van der Waals surface area contributed by atoms with E-state index < -0.39 is 0 Å². The number of aryl methyl sites for hydroxylation is 1. The minimum atomic E-state index is 0.181. The molecule has 1 N–H and O–H groups in total. The van der Waals surface area contributed by atoms with Crippen molar-refractivity contribution in [3.63, 3.8) is 0 Å². The van der Waals surface area contributed by atoms with Crippen LogP contribution in [0.15, 0.2) is 6.07 Å². The maximum atomic E-state index is 3.58. The second kappa shape index (κ2) is 8.56. The van der Waals surface area contributed by atoms with Crippen LogP contribution in [0.2, 0.25) is 0 Å². The number of hydrogen-bond donors (Lipinski definition) is 1. The first kappa shape index (κ1) is 19.0. The predicted octanol–water partition coefficient (Wildman–Crippen LogP) is 4.52. The Bertz CT molecular complexity index is 421. The molecule has 1 rings (SSSR count). The smallest absolute Gasteiger partial charge is 0.0304 e. The van der Waals surface area contributed by atoms with E-state index >= 15 is 0 Å². The standard InChI is InChI=1S/C17H32N2S2/c1-8-15(12-20-7)19(6)11-14-9-16(21-13(14)2)10-18-17(3,4)5/h9,15,18H,8,10-12H2,1-7H3. The lowest BCUT2D eigenvalue weighted by atomic mass is 10.1. The first-order chi connectivity index (χ1) is 9.76. The van der Waals surface area contributed by atoms with E-state index in [0.717, 1.165) is 13.1 Å². The molecule has 122 valence electrons. The fourth-order valence-electron chi connectivity index (χ4n) is 2.33. The molecule has 0 saturated carbocycles. The van der Waals surface area contributed by atoms with E-state index in [-0.39, 0.29) is 5.54 Å². The monoisotopic (exact) mass is 328 g/mol. The van der Waals surface area contributed by atoms with Crippen LogP contribution in [-0.2, 0) is 13.1 Å². The Labute approximate surface area is 139 Å². The van der Waals surface area contributed by atoms with E-state index in [1.165, 1.54) is 27.5 Å². The minimum Gasteiger partial charge on any atom is -0.307 e. The average Bonchev–Trinajstić information content (AvgIpc) is 2.73. The van der Waals surface area contributed by atoms with Crippen molar-refractivity contribution in [2.75, 3.05) is 19.1 Å². The Hall–Kier alpha value is -0.0300. The van der Waals surface area contributed by atoms with E-state index in [2.05, 4.69) is 64.2 Å². The van der Waals surface area contributed by atoms with Crippen LogP contribution in [0.25, 0.3) is 0 Å². The maximum absolute atomic E-state index is 3.58. The van der Waals surface area contributed by atoms with E-state index in [0.29, 0.717) is 6.04 Å². The molecule has 4 heteroatoms. The SMILES string of the molecule is CCC(CSC)N(C)Cc1cc(CNC(C)(C)C)sc1C. The number of hydrogen-bond acceptors (Lipinski definition) is 4. The van der Waals surface area contributed by atoms with Crippen LogP contribution >= 0.6 is 23.1 Å². The van der Waals surface area contributed by atoms with Crippen LogP contribution in [0, 0.1) is 6.92 Å². The summed E-state index contributed by atoms with van der Waals surface area (Å²) in [5.74, 6) is 1.22. The van der Waals surface area contributed by atoms with Gasteiger partial charge in [-0.2, -0.15) is 11.8 Å². The summed E-state index contributed by atoms with van der Waals surface area (Å²) >= 11 is 3.88. The molecule has 21 heavy (non-hydrogen) atoms. The van der Waals surface area contributed by atoms with Crippen molar-refractivity contribution in [1.82, 2.24) is 10.2 Å². The third-order valence-electron chi connectivity index (χ3n) is 3.74. The van der Waals surface area contributed by atoms with E-state index in [1.807, 2.05) is 23.1 Å². The Balaban J connectivity index is 2.65. The molecule has 0 saturated heterocycles. The minimum absolute atomic E-state index is 0.181. The summed E-state index contributed by atoms with van der Waals surface area (Å²) < 4.78 is 0. The number of nitrogens with one attached hydrogen (secondary N) is 1. The van der Waals surface area contributed by atoms with Gasteiger partial charge in [0.2, 0.25) is 0 Å². The third-order valence-corrected chi connectivity index (χ3v) is 5.55. The highest BCUT2D eigenvalue weighted by molar-refractivity contribution is 7.98. The zero-order valence-electron chi connectivity index (χ0n) is 14.7. The van der Waals surface area contributed by atoms with Gasteiger partial charge in [-0.25, -0.2) is 0 Å². The normalized spacial score (nSPS) is 13.9. The zero-order valence-corrected chi connectivity index (χ0v) is 16.4. The number of thioether (sulfide) groups is 1. The molecule has 0 bridgehead atoms. The van der Waals surface area contributed by atoms with E-state index in [4.69, 9.17) is 0 Å². The van der Waals surface area contributed by atoms with E-state index in [1.54, 1.807) is 0 Å². The molecular formula is C17H32N2S2. The van der Waals surface area contributed by atoms with Crippen molar-refractivity contribution in [3.05, 3.63) is 21.4 Å².